The van der Waals surface area contributed by atoms with Crippen LogP contribution >= 0.6 is 23.2 Å². The Bertz CT molecular complexity index is 400. The minimum atomic E-state index is -0.629. The molecule has 1 aliphatic rings. The van der Waals surface area contributed by atoms with E-state index in [4.69, 9.17) is 23.2 Å². The number of aliphatic hydroxyl groups excluding tert-OH is 1. The first kappa shape index (κ1) is 14.1. The Kier molecular flexibility index (Phi) is 3.65. The van der Waals surface area contributed by atoms with E-state index < -0.39 is 10.4 Å². The molecule has 2 rings (SSSR count). The summed E-state index contributed by atoms with van der Waals surface area (Å²) in [4.78, 5) is 3.95. The second-order valence-corrected chi connectivity index (χ2v) is 7.69. The number of hydrogen-bond donors (Lipinski definition) is 1. The Morgan fingerprint density at radius 1 is 1.50 bits per heavy atom. The van der Waals surface area contributed by atoms with Crippen LogP contribution in [0.15, 0.2) is 12.7 Å². The minimum absolute atomic E-state index is 0.142. The van der Waals surface area contributed by atoms with E-state index in [9.17, 15) is 5.11 Å². The molecular formula is C12H19Cl2N3O. The average molecular weight is 292 g/mol. The van der Waals surface area contributed by atoms with Gasteiger partial charge in [-0.05, 0) is 24.2 Å². The molecule has 1 fully saturated rings. The maximum absolute atomic E-state index is 10.5. The van der Waals surface area contributed by atoms with Gasteiger partial charge >= 0.3 is 0 Å². The van der Waals surface area contributed by atoms with Crippen molar-refractivity contribution >= 4 is 23.2 Å². The topological polar surface area (TPSA) is 50.9 Å². The van der Waals surface area contributed by atoms with Crippen molar-refractivity contribution < 1.29 is 5.11 Å². The van der Waals surface area contributed by atoms with E-state index >= 15 is 0 Å². The maximum atomic E-state index is 10.5. The monoisotopic (exact) mass is 291 g/mol. The summed E-state index contributed by atoms with van der Waals surface area (Å²) in [5, 5.41) is 14.6. The fraction of sp³-hybridized carbons (Fsp3) is 0.833. The van der Waals surface area contributed by atoms with Gasteiger partial charge < -0.3 is 5.11 Å². The van der Waals surface area contributed by atoms with Crippen molar-refractivity contribution in [1.29, 1.82) is 0 Å². The fourth-order valence-electron chi connectivity index (χ4n) is 2.16. The number of nitrogens with zero attached hydrogens (tertiary/aromatic N) is 3. The predicted molar refractivity (Wildman–Crippen MR) is 71.7 cm³/mol. The lowest BCUT2D eigenvalue weighted by Crippen LogP contribution is -2.36. The number of rotatable bonds is 4. The highest BCUT2D eigenvalue weighted by Crippen LogP contribution is 2.57. The molecule has 4 nitrogen and oxygen atoms in total. The molecule has 18 heavy (non-hydrogen) atoms. The van der Waals surface area contributed by atoms with Gasteiger partial charge in [-0.3, -0.25) is 0 Å². The molecule has 1 N–H and O–H groups in total. The van der Waals surface area contributed by atoms with Crippen LogP contribution in [0.1, 0.15) is 39.7 Å². The third-order valence-corrected chi connectivity index (χ3v) is 4.44. The molecule has 1 heterocycles. The third kappa shape index (κ3) is 2.98. The first-order valence-electron chi connectivity index (χ1n) is 6.12. The first-order chi connectivity index (χ1) is 8.22. The predicted octanol–water partition coefficient (Wildman–Crippen LogP) is 2.81. The summed E-state index contributed by atoms with van der Waals surface area (Å²) in [7, 11) is 0. The fourth-order valence-corrected chi connectivity index (χ4v) is 2.71. The number of aromatic nitrogens is 3. The van der Waals surface area contributed by atoms with Gasteiger partial charge in [-0.2, -0.15) is 5.10 Å². The van der Waals surface area contributed by atoms with Crippen LogP contribution in [0.5, 0.6) is 0 Å². The molecule has 1 aliphatic carbocycles. The van der Waals surface area contributed by atoms with Crippen molar-refractivity contribution in [3.63, 3.8) is 0 Å². The molecule has 1 aromatic rings. The van der Waals surface area contributed by atoms with E-state index in [2.05, 4.69) is 10.1 Å². The Balaban J connectivity index is 2.14. The molecule has 0 bridgehead atoms. The molecule has 3 atom stereocenters. The lowest BCUT2D eigenvalue weighted by atomic mass is 9.83. The van der Waals surface area contributed by atoms with E-state index in [1.807, 2.05) is 20.8 Å². The van der Waals surface area contributed by atoms with Crippen LogP contribution in [0.3, 0.4) is 0 Å². The molecule has 0 amide bonds. The molecular weight excluding hydrogens is 273 g/mol. The second kappa shape index (κ2) is 4.66. The van der Waals surface area contributed by atoms with Gasteiger partial charge in [0, 0.05) is 0 Å². The molecule has 6 heteroatoms. The van der Waals surface area contributed by atoms with E-state index in [1.165, 1.54) is 6.33 Å². The molecule has 3 unspecified atom stereocenters. The molecule has 1 aromatic heterocycles. The van der Waals surface area contributed by atoms with Gasteiger partial charge in [0.25, 0.3) is 0 Å². The summed E-state index contributed by atoms with van der Waals surface area (Å²) >= 11 is 12.1. The molecule has 102 valence electrons. The van der Waals surface area contributed by atoms with Gasteiger partial charge in [0.1, 0.15) is 17.0 Å². The number of hydrogen-bond acceptors (Lipinski definition) is 3. The molecule has 0 aliphatic heterocycles. The summed E-state index contributed by atoms with van der Waals surface area (Å²) < 4.78 is 1.08. The van der Waals surface area contributed by atoms with E-state index in [-0.39, 0.29) is 17.4 Å². The van der Waals surface area contributed by atoms with Gasteiger partial charge in [-0.25, -0.2) is 9.67 Å². The van der Waals surface area contributed by atoms with Crippen molar-refractivity contribution in [2.75, 3.05) is 0 Å². The number of alkyl halides is 2. The van der Waals surface area contributed by atoms with Crippen LogP contribution in [-0.2, 0) is 0 Å². The van der Waals surface area contributed by atoms with Crippen LogP contribution in [0, 0.1) is 11.3 Å². The standard InChI is InChI=1S/C12H19Cl2N3O/c1-11(2,3)10(18)9(17-7-15-6-16-17)4-8-5-12(8,13)14/h6-10,18H,4-5H2,1-3H3. The van der Waals surface area contributed by atoms with Crippen LogP contribution in [0.25, 0.3) is 0 Å². The van der Waals surface area contributed by atoms with Crippen LogP contribution in [0.4, 0.5) is 0 Å². The second-order valence-electron chi connectivity index (χ2n) is 6.15. The van der Waals surface area contributed by atoms with Crippen LogP contribution in [0.2, 0.25) is 0 Å². The van der Waals surface area contributed by atoms with E-state index in [0.717, 1.165) is 12.8 Å². The Hall–Kier alpha value is -0.320. The van der Waals surface area contributed by atoms with Gasteiger partial charge in [-0.1, -0.05) is 20.8 Å². The lowest BCUT2D eigenvalue weighted by molar-refractivity contribution is 0.00732. The molecule has 0 spiro atoms. The Morgan fingerprint density at radius 3 is 2.50 bits per heavy atom. The van der Waals surface area contributed by atoms with Crippen LogP contribution < -0.4 is 0 Å². The summed E-state index contributed by atoms with van der Waals surface area (Å²) in [6.45, 7) is 6.01. The number of halogens is 2. The van der Waals surface area contributed by atoms with E-state index in [1.54, 1.807) is 11.0 Å². The molecule has 0 aromatic carbocycles. The number of aliphatic hydroxyl groups is 1. The van der Waals surface area contributed by atoms with Crippen molar-refractivity contribution in [3.8, 4) is 0 Å². The van der Waals surface area contributed by atoms with Gasteiger partial charge in [0.15, 0.2) is 0 Å². The van der Waals surface area contributed by atoms with Crippen molar-refractivity contribution in [3.05, 3.63) is 12.7 Å². The summed E-state index contributed by atoms with van der Waals surface area (Å²) in [5.41, 5.74) is -0.229. The lowest BCUT2D eigenvalue weighted by Gasteiger charge is -2.33. The summed E-state index contributed by atoms with van der Waals surface area (Å²) in [5.74, 6) is 0.215. The van der Waals surface area contributed by atoms with Crippen molar-refractivity contribution in [2.45, 2.75) is 50.1 Å². The summed E-state index contributed by atoms with van der Waals surface area (Å²) in [6, 6.07) is -0.142. The maximum Gasteiger partial charge on any atom is 0.137 e. The van der Waals surface area contributed by atoms with E-state index in [0.29, 0.717) is 0 Å². The third-order valence-electron chi connectivity index (χ3n) is 3.51. The molecule has 0 saturated heterocycles. The highest BCUT2D eigenvalue weighted by atomic mass is 35.5. The van der Waals surface area contributed by atoms with Gasteiger partial charge in [0.05, 0.1) is 12.1 Å². The zero-order chi connectivity index (χ0) is 13.6. The zero-order valence-electron chi connectivity index (χ0n) is 10.8. The largest absolute Gasteiger partial charge is 0.390 e. The van der Waals surface area contributed by atoms with Gasteiger partial charge in [0.2, 0.25) is 0 Å². The molecule has 0 radical (unpaired) electrons. The molecule has 1 saturated carbocycles. The Labute approximate surface area is 117 Å². The zero-order valence-corrected chi connectivity index (χ0v) is 12.4. The van der Waals surface area contributed by atoms with Crippen molar-refractivity contribution in [2.24, 2.45) is 11.3 Å². The van der Waals surface area contributed by atoms with Crippen molar-refractivity contribution in [1.82, 2.24) is 14.8 Å². The average Bonchev–Trinajstić information content (AvgIpc) is 2.69. The minimum Gasteiger partial charge on any atom is -0.390 e. The normalized spacial score (nSPS) is 25.8. The Morgan fingerprint density at radius 2 is 2.11 bits per heavy atom. The SMILES string of the molecule is CC(C)(C)C(O)C(CC1CC1(Cl)Cl)n1cncn1. The highest BCUT2D eigenvalue weighted by molar-refractivity contribution is 6.50. The smallest absolute Gasteiger partial charge is 0.137 e. The quantitative estimate of drug-likeness (QED) is 0.868. The van der Waals surface area contributed by atoms with Crippen LogP contribution in [-0.4, -0.2) is 30.3 Å². The highest BCUT2D eigenvalue weighted by Gasteiger charge is 2.53. The first-order valence-corrected chi connectivity index (χ1v) is 6.87. The van der Waals surface area contributed by atoms with Gasteiger partial charge in [-0.15, -0.1) is 23.2 Å². The summed E-state index contributed by atoms with van der Waals surface area (Å²) in [6.07, 6.45) is 4.08.